The summed E-state index contributed by atoms with van der Waals surface area (Å²) < 4.78 is 48.3. The van der Waals surface area contributed by atoms with Crippen LogP contribution in [0, 0.1) is 5.82 Å². The Morgan fingerprint density at radius 2 is 1.58 bits per heavy atom. The van der Waals surface area contributed by atoms with E-state index in [0.29, 0.717) is 0 Å². The van der Waals surface area contributed by atoms with Crippen molar-refractivity contribution < 1.29 is 17.6 Å². The molecule has 0 atom stereocenters. The summed E-state index contributed by atoms with van der Waals surface area (Å²) >= 11 is 0. The smallest absolute Gasteiger partial charge is 0.206 e. The minimum atomic E-state index is -2.51. The SMILES string of the molecule is FC(F)=C(F)c1ccccc1F. The van der Waals surface area contributed by atoms with Crippen molar-refractivity contribution in [1.29, 1.82) is 0 Å². The van der Waals surface area contributed by atoms with E-state index < -0.39 is 23.3 Å². The quantitative estimate of drug-likeness (QED) is 0.575. The van der Waals surface area contributed by atoms with E-state index in [1.165, 1.54) is 12.1 Å². The molecule has 0 bridgehead atoms. The zero-order valence-corrected chi connectivity index (χ0v) is 5.82. The van der Waals surface area contributed by atoms with Gasteiger partial charge in [-0.2, -0.15) is 8.78 Å². The Labute approximate surface area is 66.1 Å². The van der Waals surface area contributed by atoms with Crippen LogP contribution in [0.2, 0.25) is 0 Å². The van der Waals surface area contributed by atoms with Gasteiger partial charge in [0, 0.05) is 0 Å². The Hall–Kier alpha value is -1.32. The molecule has 0 aliphatic heterocycles. The van der Waals surface area contributed by atoms with Gasteiger partial charge in [-0.1, -0.05) is 12.1 Å². The second kappa shape index (κ2) is 3.38. The predicted octanol–water partition coefficient (Wildman–Crippen LogP) is 3.36. The molecule has 4 heteroatoms. The van der Waals surface area contributed by atoms with Crippen LogP contribution in [0.5, 0.6) is 0 Å². The van der Waals surface area contributed by atoms with E-state index in [2.05, 4.69) is 0 Å². The Balaban J connectivity index is 3.21. The molecule has 0 saturated heterocycles. The van der Waals surface area contributed by atoms with Crippen molar-refractivity contribution in [2.24, 2.45) is 0 Å². The Kier molecular flexibility index (Phi) is 2.47. The molecule has 0 amide bonds. The molecule has 64 valence electrons. The van der Waals surface area contributed by atoms with Gasteiger partial charge in [-0.05, 0) is 12.1 Å². The molecule has 1 aromatic rings. The van der Waals surface area contributed by atoms with Crippen LogP contribution < -0.4 is 0 Å². The molecule has 0 radical (unpaired) electrons. The highest BCUT2D eigenvalue weighted by molar-refractivity contribution is 5.59. The van der Waals surface area contributed by atoms with Crippen LogP contribution in [0.1, 0.15) is 5.56 Å². The Morgan fingerprint density at radius 3 is 2.08 bits per heavy atom. The minimum absolute atomic E-state index is 0.711. The summed E-state index contributed by atoms with van der Waals surface area (Å²) in [6.07, 6.45) is -2.51. The fourth-order valence-electron chi connectivity index (χ4n) is 0.741. The van der Waals surface area contributed by atoms with E-state index in [1.54, 1.807) is 0 Å². The number of hydrogen-bond donors (Lipinski definition) is 0. The van der Waals surface area contributed by atoms with Gasteiger partial charge in [0.1, 0.15) is 5.82 Å². The summed E-state index contributed by atoms with van der Waals surface area (Å²) in [5.74, 6) is -2.81. The van der Waals surface area contributed by atoms with Gasteiger partial charge in [0.2, 0.25) is 0 Å². The van der Waals surface area contributed by atoms with Gasteiger partial charge in [0.05, 0.1) is 5.56 Å². The third kappa shape index (κ3) is 1.64. The van der Waals surface area contributed by atoms with Gasteiger partial charge < -0.3 is 0 Å². The third-order valence-corrected chi connectivity index (χ3v) is 1.28. The summed E-state index contributed by atoms with van der Waals surface area (Å²) in [4.78, 5) is 0. The summed E-state index contributed by atoms with van der Waals surface area (Å²) in [7, 11) is 0. The molecule has 12 heavy (non-hydrogen) atoms. The zero-order valence-electron chi connectivity index (χ0n) is 5.82. The molecule has 0 N–H and O–H groups in total. The summed E-state index contributed by atoms with van der Waals surface area (Å²) in [6, 6.07) is 4.44. The lowest BCUT2D eigenvalue weighted by atomic mass is 10.2. The maximum absolute atomic E-state index is 12.6. The van der Waals surface area contributed by atoms with Crippen LogP contribution in [0.15, 0.2) is 30.3 Å². The molecule has 0 saturated carbocycles. The van der Waals surface area contributed by atoms with Crippen molar-refractivity contribution in [1.82, 2.24) is 0 Å². The van der Waals surface area contributed by atoms with Gasteiger partial charge >= 0.3 is 6.08 Å². The van der Waals surface area contributed by atoms with Crippen LogP contribution in [0.25, 0.3) is 5.83 Å². The average molecular weight is 176 g/mol. The molecule has 0 unspecified atom stereocenters. The molecule has 0 aliphatic carbocycles. The third-order valence-electron chi connectivity index (χ3n) is 1.28. The lowest BCUT2D eigenvalue weighted by Crippen LogP contribution is -1.85. The van der Waals surface area contributed by atoms with Crippen molar-refractivity contribution in [3.63, 3.8) is 0 Å². The molecule has 0 nitrogen and oxygen atoms in total. The van der Waals surface area contributed by atoms with Crippen molar-refractivity contribution in [3.05, 3.63) is 41.7 Å². The first kappa shape index (κ1) is 8.77. The second-order valence-electron chi connectivity index (χ2n) is 2.05. The first-order valence-corrected chi connectivity index (χ1v) is 3.08. The van der Waals surface area contributed by atoms with Crippen LogP contribution >= 0.6 is 0 Å². The Morgan fingerprint density at radius 1 is 1.00 bits per heavy atom. The van der Waals surface area contributed by atoms with E-state index in [0.717, 1.165) is 12.1 Å². The van der Waals surface area contributed by atoms with Gasteiger partial charge in [-0.15, -0.1) is 0 Å². The van der Waals surface area contributed by atoms with E-state index in [1.807, 2.05) is 0 Å². The zero-order chi connectivity index (χ0) is 9.14. The fraction of sp³-hybridized carbons (Fsp3) is 0. The summed E-state index contributed by atoms with van der Waals surface area (Å²) in [5, 5.41) is 0. The minimum Gasteiger partial charge on any atom is -0.206 e. The fourth-order valence-corrected chi connectivity index (χ4v) is 0.741. The normalized spacial score (nSPS) is 9.67. The van der Waals surface area contributed by atoms with Crippen LogP contribution in [-0.2, 0) is 0 Å². The molecular formula is C8H4F4. The molecule has 0 aromatic heterocycles. The number of rotatable bonds is 1. The van der Waals surface area contributed by atoms with Crippen molar-refractivity contribution in [2.45, 2.75) is 0 Å². The maximum atomic E-state index is 12.6. The van der Waals surface area contributed by atoms with Crippen molar-refractivity contribution in [3.8, 4) is 0 Å². The van der Waals surface area contributed by atoms with E-state index in [9.17, 15) is 17.6 Å². The van der Waals surface area contributed by atoms with Gasteiger partial charge in [-0.3, -0.25) is 0 Å². The highest BCUT2D eigenvalue weighted by Gasteiger charge is 2.11. The van der Waals surface area contributed by atoms with Crippen LogP contribution in [-0.4, -0.2) is 0 Å². The average Bonchev–Trinajstić information content (AvgIpc) is 2.04. The lowest BCUT2D eigenvalue weighted by molar-refractivity contribution is 0.409. The largest absolute Gasteiger partial charge is 0.306 e. The summed E-state index contributed by atoms with van der Waals surface area (Å²) in [5.41, 5.74) is -0.711. The van der Waals surface area contributed by atoms with Crippen LogP contribution in [0.4, 0.5) is 17.6 Å². The highest BCUT2D eigenvalue weighted by atomic mass is 19.3. The first-order chi connectivity index (χ1) is 5.63. The predicted molar refractivity (Wildman–Crippen MR) is 36.6 cm³/mol. The second-order valence-corrected chi connectivity index (χ2v) is 2.05. The summed E-state index contributed by atoms with van der Waals surface area (Å²) in [6.45, 7) is 0. The molecular weight excluding hydrogens is 172 g/mol. The monoisotopic (exact) mass is 176 g/mol. The van der Waals surface area contributed by atoms with E-state index >= 15 is 0 Å². The molecule has 0 aliphatic rings. The van der Waals surface area contributed by atoms with E-state index in [-0.39, 0.29) is 0 Å². The Bertz CT molecular complexity index is 313. The van der Waals surface area contributed by atoms with Gasteiger partial charge in [0.15, 0.2) is 5.83 Å². The van der Waals surface area contributed by atoms with Crippen LogP contribution in [0.3, 0.4) is 0 Å². The molecule has 1 rings (SSSR count). The van der Waals surface area contributed by atoms with Crippen molar-refractivity contribution in [2.75, 3.05) is 0 Å². The van der Waals surface area contributed by atoms with Gasteiger partial charge in [-0.25, -0.2) is 8.78 Å². The maximum Gasteiger partial charge on any atom is 0.306 e. The molecule has 0 fully saturated rings. The number of hydrogen-bond acceptors (Lipinski definition) is 0. The molecule has 0 spiro atoms. The standard InChI is InChI=1S/C8H4F4/c9-6-4-2-1-3-5(6)7(10)8(11)12/h1-4H. The highest BCUT2D eigenvalue weighted by Crippen LogP contribution is 2.23. The number of halogens is 4. The van der Waals surface area contributed by atoms with Crippen molar-refractivity contribution >= 4 is 5.83 Å². The molecule has 0 heterocycles. The topological polar surface area (TPSA) is 0 Å². The number of benzene rings is 1. The molecule has 1 aromatic carbocycles. The lowest BCUT2D eigenvalue weighted by Gasteiger charge is -1.96. The van der Waals surface area contributed by atoms with Gasteiger partial charge in [0.25, 0.3) is 0 Å². The first-order valence-electron chi connectivity index (χ1n) is 3.08. The van der Waals surface area contributed by atoms with E-state index in [4.69, 9.17) is 0 Å².